The molecule has 0 saturated heterocycles. The minimum atomic E-state index is 0.0977. The summed E-state index contributed by atoms with van der Waals surface area (Å²) in [4.78, 5) is 2.36. The number of benzene rings is 10. The minimum Gasteiger partial charge on any atom is -0.310 e. The summed E-state index contributed by atoms with van der Waals surface area (Å²) < 4.78 is 0. The van der Waals surface area contributed by atoms with Crippen LogP contribution in [0.3, 0.4) is 0 Å². The number of anilines is 3. The molecular weight excluding hydrogens is 663 g/mol. The number of nitrogens with zero attached hydrogens (tertiary/aromatic N) is 1. The first kappa shape index (κ1) is 32.9. The van der Waals surface area contributed by atoms with E-state index < -0.39 is 0 Å². The molecule has 0 bridgehead atoms. The number of para-hydroxylation sites is 1. The predicted molar refractivity (Wildman–Crippen MR) is 238 cm³/mol. The summed E-state index contributed by atoms with van der Waals surface area (Å²) in [5.41, 5.74) is 9.82. The van der Waals surface area contributed by atoms with E-state index in [0.29, 0.717) is 0 Å². The molecule has 0 aromatic heterocycles. The van der Waals surface area contributed by atoms with Crippen molar-refractivity contribution >= 4 is 70.9 Å². The van der Waals surface area contributed by atoms with Crippen molar-refractivity contribution in [2.24, 2.45) is 0 Å². The Labute approximate surface area is 322 Å². The molecule has 0 amide bonds. The van der Waals surface area contributed by atoms with Crippen LogP contribution in [0.2, 0.25) is 0 Å². The van der Waals surface area contributed by atoms with E-state index in [1.165, 1.54) is 81.7 Å². The number of hydrogen-bond acceptors (Lipinski definition) is 1. The monoisotopic (exact) mass is 703 g/mol. The van der Waals surface area contributed by atoms with E-state index >= 15 is 0 Å². The fraction of sp³-hybridized carbons (Fsp3) is 0.0741. The van der Waals surface area contributed by atoms with Gasteiger partial charge in [-0.25, -0.2) is 0 Å². The first-order valence-electron chi connectivity index (χ1n) is 19.3. The molecular formula is C54H41N. The normalized spacial score (nSPS) is 11.9. The van der Waals surface area contributed by atoms with Gasteiger partial charge in [-0.1, -0.05) is 154 Å². The van der Waals surface area contributed by atoms with Crippen molar-refractivity contribution in [2.75, 3.05) is 4.90 Å². The third-order valence-corrected chi connectivity index (χ3v) is 11.3. The van der Waals surface area contributed by atoms with Gasteiger partial charge in [-0.15, -0.1) is 0 Å². The van der Waals surface area contributed by atoms with Crippen LogP contribution >= 0.6 is 0 Å². The third-order valence-electron chi connectivity index (χ3n) is 11.3. The summed E-state index contributed by atoms with van der Waals surface area (Å²) in [5.74, 6) is 0. The van der Waals surface area contributed by atoms with Crippen LogP contribution in [0.1, 0.15) is 26.3 Å². The van der Waals surface area contributed by atoms with Gasteiger partial charge in [-0.2, -0.15) is 0 Å². The molecule has 10 aromatic rings. The van der Waals surface area contributed by atoms with E-state index in [9.17, 15) is 0 Å². The van der Waals surface area contributed by atoms with Crippen LogP contribution in [-0.4, -0.2) is 0 Å². The maximum Gasteiger partial charge on any atom is 0.0468 e. The van der Waals surface area contributed by atoms with Crippen LogP contribution in [-0.2, 0) is 5.41 Å². The summed E-state index contributed by atoms with van der Waals surface area (Å²) in [6, 6.07) is 71.7. The zero-order valence-electron chi connectivity index (χ0n) is 31.4. The average molecular weight is 704 g/mol. The summed E-state index contributed by atoms with van der Waals surface area (Å²) in [5, 5.41) is 12.6. The molecule has 0 aliphatic heterocycles. The second-order valence-corrected chi connectivity index (χ2v) is 15.8. The zero-order valence-corrected chi connectivity index (χ0v) is 31.4. The Hall–Kier alpha value is -6.70. The first-order chi connectivity index (χ1) is 26.9. The Bertz CT molecular complexity index is 3060. The summed E-state index contributed by atoms with van der Waals surface area (Å²) in [6.45, 7) is 6.79. The van der Waals surface area contributed by atoms with Crippen molar-refractivity contribution in [1.82, 2.24) is 0 Å². The lowest BCUT2D eigenvalue weighted by molar-refractivity contribution is 0.590. The highest BCUT2D eigenvalue weighted by molar-refractivity contribution is 6.26. The van der Waals surface area contributed by atoms with Gasteiger partial charge in [0.1, 0.15) is 0 Å². The van der Waals surface area contributed by atoms with E-state index in [1.807, 2.05) is 0 Å². The van der Waals surface area contributed by atoms with Crippen LogP contribution in [0.15, 0.2) is 194 Å². The molecule has 0 unspecified atom stereocenters. The van der Waals surface area contributed by atoms with Crippen molar-refractivity contribution in [1.29, 1.82) is 0 Å². The van der Waals surface area contributed by atoms with Crippen molar-refractivity contribution in [2.45, 2.75) is 26.2 Å². The number of fused-ring (bicyclic) bond motifs is 7. The molecule has 10 aromatic carbocycles. The van der Waals surface area contributed by atoms with Gasteiger partial charge in [0.25, 0.3) is 0 Å². The number of hydrogen-bond donors (Lipinski definition) is 0. The fourth-order valence-electron chi connectivity index (χ4n) is 8.49. The molecule has 0 atom stereocenters. The second kappa shape index (κ2) is 13.0. The van der Waals surface area contributed by atoms with Gasteiger partial charge < -0.3 is 4.90 Å². The quantitative estimate of drug-likeness (QED) is 0.161. The van der Waals surface area contributed by atoms with E-state index in [0.717, 1.165) is 17.1 Å². The Morgan fingerprint density at radius 1 is 0.327 bits per heavy atom. The summed E-state index contributed by atoms with van der Waals surface area (Å²) in [6.07, 6.45) is 0. The van der Waals surface area contributed by atoms with Gasteiger partial charge in [0.2, 0.25) is 0 Å². The van der Waals surface area contributed by atoms with Gasteiger partial charge in [0.05, 0.1) is 0 Å². The highest BCUT2D eigenvalue weighted by Crippen LogP contribution is 2.43. The molecule has 0 aliphatic rings. The maximum absolute atomic E-state index is 2.42. The van der Waals surface area contributed by atoms with Crippen LogP contribution in [0.5, 0.6) is 0 Å². The number of rotatable bonds is 5. The molecule has 1 heteroatoms. The van der Waals surface area contributed by atoms with Gasteiger partial charge in [-0.3, -0.25) is 0 Å². The molecule has 10 rings (SSSR count). The lowest BCUT2D eigenvalue weighted by Crippen LogP contribution is -2.13. The molecule has 262 valence electrons. The standard InChI is InChI=1S/C54H41N/c1-54(2,3)43-26-29-45(30-27-43)55(44-15-5-4-6-16-44)46-28-25-38-32-41(24-22-39(38)33-46)52-35-42-34-51(40-23-21-36-13-7-8-14-37(36)31-40)47-17-9-11-19-49(47)53(42)50-20-12-10-18-48(50)52/h4-35H,1-3H3. The molecule has 0 heterocycles. The smallest absolute Gasteiger partial charge is 0.0468 e. The predicted octanol–water partition coefficient (Wildman–Crippen LogP) is 15.6. The fourth-order valence-corrected chi connectivity index (χ4v) is 8.49. The van der Waals surface area contributed by atoms with Gasteiger partial charge in [-0.05, 0) is 148 Å². The molecule has 0 saturated carbocycles. The molecule has 1 nitrogen and oxygen atoms in total. The molecule has 0 aliphatic carbocycles. The third kappa shape index (κ3) is 5.81. The lowest BCUT2D eigenvalue weighted by atomic mass is 9.87. The van der Waals surface area contributed by atoms with Gasteiger partial charge in [0.15, 0.2) is 0 Å². The lowest BCUT2D eigenvalue weighted by Gasteiger charge is -2.27. The van der Waals surface area contributed by atoms with Gasteiger partial charge in [0, 0.05) is 17.1 Å². The van der Waals surface area contributed by atoms with Crippen LogP contribution in [0.25, 0.3) is 76.1 Å². The molecule has 55 heavy (non-hydrogen) atoms. The molecule has 0 spiro atoms. The largest absolute Gasteiger partial charge is 0.310 e. The van der Waals surface area contributed by atoms with Crippen molar-refractivity contribution in [3.63, 3.8) is 0 Å². The highest BCUT2D eigenvalue weighted by Gasteiger charge is 2.18. The van der Waals surface area contributed by atoms with Gasteiger partial charge >= 0.3 is 0 Å². The Kier molecular flexibility index (Phi) is 7.78. The topological polar surface area (TPSA) is 3.24 Å². The van der Waals surface area contributed by atoms with Crippen molar-refractivity contribution in [3.05, 3.63) is 200 Å². The second-order valence-electron chi connectivity index (χ2n) is 15.8. The zero-order chi connectivity index (χ0) is 37.1. The highest BCUT2D eigenvalue weighted by atomic mass is 15.1. The van der Waals surface area contributed by atoms with E-state index in [-0.39, 0.29) is 5.41 Å². The summed E-state index contributed by atoms with van der Waals surface area (Å²) >= 11 is 0. The maximum atomic E-state index is 2.42. The van der Waals surface area contributed by atoms with Crippen molar-refractivity contribution in [3.8, 4) is 22.3 Å². The van der Waals surface area contributed by atoms with E-state index in [2.05, 4.69) is 220 Å². The van der Waals surface area contributed by atoms with Crippen LogP contribution < -0.4 is 4.90 Å². The van der Waals surface area contributed by atoms with Crippen LogP contribution in [0.4, 0.5) is 17.1 Å². The Morgan fingerprint density at radius 2 is 0.782 bits per heavy atom. The van der Waals surface area contributed by atoms with E-state index in [1.54, 1.807) is 0 Å². The molecule has 0 fully saturated rings. The Morgan fingerprint density at radius 3 is 1.40 bits per heavy atom. The minimum absolute atomic E-state index is 0.0977. The first-order valence-corrected chi connectivity index (χ1v) is 19.3. The molecule has 0 radical (unpaired) electrons. The van der Waals surface area contributed by atoms with Crippen molar-refractivity contribution < 1.29 is 0 Å². The summed E-state index contributed by atoms with van der Waals surface area (Å²) in [7, 11) is 0. The Balaban J connectivity index is 1.12. The van der Waals surface area contributed by atoms with E-state index in [4.69, 9.17) is 0 Å². The molecule has 0 N–H and O–H groups in total. The SMILES string of the molecule is CC(C)(C)c1ccc(N(c2ccccc2)c2ccc3cc(-c4cc5cc(-c6ccc7ccccc7c6)c6ccccc6c5c5ccccc45)ccc3c2)cc1. The van der Waals surface area contributed by atoms with Crippen LogP contribution in [0, 0.1) is 0 Å². The average Bonchev–Trinajstić information content (AvgIpc) is 3.23.